The molecule has 1 aromatic rings. The van der Waals surface area contributed by atoms with Crippen LogP contribution in [-0.2, 0) is 4.74 Å². The van der Waals surface area contributed by atoms with Gasteiger partial charge in [-0.2, -0.15) is 0 Å². The molecule has 0 radical (unpaired) electrons. The molecule has 5 heteroatoms. The molecule has 0 aliphatic heterocycles. The van der Waals surface area contributed by atoms with Gasteiger partial charge in [0.1, 0.15) is 6.61 Å². The van der Waals surface area contributed by atoms with Crippen LogP contribution in [0.2, 0.25) is 5.02 Å². The Morgan fingerprint density at radius 2 is 2.18 bits per heavy atom. The number of benzene rings is 1. The number of nitrogens with one attached hydrogen (secondary N) is 1. The molecule has 0 aliphatic rings. The Morgan fingerprint density at radius 1 is 1.53 bits per heavy atom. The molecule has 0 heterocycles. The Labute approximate surface area is 106 Å². The second-order valence-electron chi connectivity index (χ2n) is 4.19. The van der Waals surface area contributed by atoms with Crippen LogP contribution in [0, 0.1) is 0 Å². The highest BCUT2D eigenvalue weighted by Crippen LogP contribution is 2.20. The molecule has 4 nitrogen and oxygen atoms in total. The van der Waals surface area contributed by atoms with Crippen LogP contribution < -0.4 is 11.1 Å². The average molecular weight is 257 g/mol. The van der Waals surface area contributed by atoms with Gasteiger partial charge in [-0.1, -0.05) is 30.7 Å². The van der Waals surface area contributed by atoms with E-state index in [0.29, 0.717) is 10.7 Å². The molecule has 3 N–H and O–H groups in total. The third-order valence-electron chi connectivity index (χ3n) is 2.45. The highest BCUT2D eigenvalue weighted by Gasteiger charge is 2.18. The lowest BCUT2D eigenvalue weighted by Gasteiger charge is -2.22. The van der Waals surface area contributed by atoms with Crippen LogP contribution >= 0.6 is 11.6 Å². The fourth-order valence-electron chi connectivity index (χ4n) is 1.04. The number of carbonyl (C=O) groups excluding carboxylic acids is 1. The van der Waals surface area contributed by atoms with Crippen LogP contribution in [0.1, 0.15) is 20.3 Å². The van der Waals surface area contributed by atoms with Crippen molar-refractivity contribution in [2.24, 2.45) is 5.73 Å². The minimum absolute atomic E-state index is 0.166. The van der Waals surface area contributed by atoms with E-state index in [1.807, 2.05) is 13.8 Å². The number of rotatable bonds is 4. The zero-order chi connectivity index (χ0) is 12.9. The quantitative estimate of drug-likeness (QED) is 0.870. The Morgan fingerprint density at radius 3 is 2.76 bits per heavy atom. The maximum Gasteiger partial charge on any atom is 0.411 e. The van der Waals surface area contributed by atoms with E-state index in [0.717, 1.165) is 6.42 Å². The summed E-state index contributed by atoms with van der Waals surface area (Å²) in [5.74, 6) is 0. The van der Waals surface area contributed by atoms with Crippen LogP contribution in [0.3, 0.4) is 0 Å². The Kier molecular flexibility index (Phi) is 4.78. The van der Waals surface area contributed by atoms with E-state index in [9.17, 15) is 4.79 Å². The maximum atomic E-state index is 11.5. The molecule has 1 rings (SSSR count). The molecule has 17 heavy (non-hydrogen) atoms. The van der Waals surface area contributed by atoms with Gasteiger partial charge in [0.2, 0.25) is 0 Å². The van der Waals surface area contributed by atoms with E-state index in [4.69, 9.17) is 22.1 Å². The first-order valence-electron chi connectivity index (χ1n) is 5.42. The predicted octanol–water partition coefficient (Wildman–Crippen LogP) is 3.02. The third-order valence-corrected chi connectivity index (χ3v) is 2.78. The number of nitrogens with two attached hydrogens (primary N) is 1. The van der Waals surface area contributed by atoms with E-state index in [1.165, 1.54) is 0 Å². The molecule has 0 aliphatic carbocycles. The summed E-state index contributed by atoms with van der Waals surface area (Å²) in [6.45, 7) is 3.94. The molecular weight excluding hydrogens is 240 g/mol. The zero-order valence-corrected chi connectivity index (χ0v) is 10.8. The highest BCUT2D eigenvalue weighted by atomic mass is 35.5. The van der Waals surface area contributed by atoms with E-state index in [2.05, 4.69) is 5.32 Å². The molecule has 1 amide bonds. The first-order valence-corrected chi connectivity index (χ1v) is 5.79. The van der Waals surface area contributed by atoms with Crippen molar-refractivity contribution >= 4 is 23.4 Å². The zero-order valence-electron chi connectivity index (χ0n) is 10.00. The molecule has 0 aromatic heterocycles. The minimum atomic E-state index is -0.553. The van der Waals surface area contributed by atoms with Crippen molar-refractivity contribution in [1.82, 2.24) is 0 Å². The second-order valence-corrected chi connectivity index (χ2v) is 4.60. The van der Waals surface area contributed by atoms with Crippen LogP contribution in [0.4, 0.5) is 10.5 Å². The molecule has 0 saturated carbocycles. The van der Waals surface area contributed by atoms with E-state index >= 15 is 0 Å². The van der Waals surface area contributed by atoms with Gasteiger partial charge in [0.15, 0.2) is 0 Å². The first-order chi connectivity index (χ1) is 7.94. The van der Waals surface area contributed by atoms with Crippen molar-refractivity contribution in [3.05, 3.63) is 29.3 Å². The second kappa shape index (κ2) is 5.89. The predicted molar refractivity (Wildman–Crippen MR) is 69.3 cm³/mol. The van der Waals surface area contributed by atoms with Crippen LogP contribution in [-0.4, -0.2) is 18.2 Å². The third kappa shape index (κ3) is 4.63. The molecule has 0 bridgehead atoms. The number of carbonyl (C=O) groups is 1. The largest absolute Gasteiger partial charge is 0.447 e. The molecule has 0 spiro atoms. The first kappa shape index (κ1) is 13.8. The number of amides is 1. The monoisotopic (exact) mass is 256 g/mol. The number of anilines is 1. The average Bonchev–Trinajstić information content (AvgIpc) is 2.30. The summed E-state index contributed by atoms with van der Waals surface area (Å²) < 4.78 is 5.02. The summed E-state index contributed by atoms with van der Waals surface area (Å²) >= 11 is 5.89. The Bertz CT molecular complexity index is 394. The fourth-order valence-corrected chi connectivity index (χ4v) is 1.22. The summed E-state index contributed by atoms with van der Waals surface area (Å²) in [7, 11) is 0. The standard InChI is InChI=1S/C12H17ClN2O2/c1-3-12(2,14)8-17-11(16)15-10-7-5-4-6-9(10)13/h4-7H,3,8,14H2,1-2H3,(H,15,16). The van der Waals surface area contributed by atoms with Gasteiger partial charge < -0.3 is 10.5 Å². The molecular formula is C12H17ClN2O2. The lowest BCUT2D eigenvalue weighted by atomic mass is 10.0. The number of hydrogen-bond acceptors (Lipinski definition) is 3. The van der Waals surface area contributed by atoms with Gasteiger partial charge in [-0.15, -0.1) is 0 Å². The molecule has 1 aromatic carbocycles. The van der Waals surface area contributed by atoms with Crippen molar-refractivity contribution in [2.45, 2.75) is 25.8 Å². The van der Waals surface area contributed by atoms with Crippen LogP contribution in [0.25, 0.3) is 0 Å². The fraction of sp³-hybridized carbons (Fsp3) is 0.417. The Hall–Kier alpha value is -1.26. The summed E-state index contributed by atoms with van der Waals surface area (Å²) in [6.07, 6.45) is 0.176. The highest BCUT2D eigenvalue weighted by molar-refractivity contribution is 6.33. The van der Waals surface area contributed by atoms with E-state index in [1.54, 1.807) is 24.3 Å². The lowest BCUT2D eigenvalue weighted by molar-refractivity contribution is 0.132. The van der Waals surface area contributed by atoms with E-state index < -0.39 is 11.6 Å². The number of para-hydroxylation sites is 1. The van der Waals surface area contributed by atoms with Crippen molar-refractivity contribution in [3.63, 3.8) is 0 Å². The summed E-state index contributed by atoms with van der Waals surface area (Å²) in [5.41, 5.74) is 5.88. The SMILES string of the molecule is CCC(C)(N)COC(=O)Nc1ccccc1Cl. The molecule has 1 unspecified atom stereocenters. The summed E-state index contributed by atoms with van der Waals surface area (Å²) in [6, 6.07) is 6.95. The summed E-state index contributed by atoms with van der Waals surface area (Å²) in [4.78, 5) is 11.5. The maximum absolute atomic E-state index is 11.5. The smallest absolute Gasteiger partial charge is 0.411 e. The van der Waals surface area contributed by atoms with E-state index in [-0.39, 0.29) is 6.61 Å². The molecule has 0 saturated heterocycles. The number of halogens is 1. The van der Waals surface area contributed by atoms with Crippen molar-refractivity contribution < 1.29 is 9.53 Å². The topological polar surface area (TPSA) is 64.3 Å². The van der Waals surface area contributed by atoms with Gasteiger partial charge in [0.05, 0.1) is 10.7 Å². The molecule has 1 atom stereocenters. The minimum Gasteiger partial charge on any atom is -0.447 e. The van der Waals surface area contributed by atoms with Gasteiger partial charge in [-0.25, -0.2) is 4.79 Å². The lowest BCUT2D eigenvalue weighted by Crippen LogP contribution is -2.41. The van der Waals surface area contributed by atoms with Gasteiger partial charge in [0, 0.05) is 5.54 Å². The molecule has 0 fully saturated rings. The van der Waals surface area contributed by atoms with Crippen LogP contribution in [0.15, 0.2) is 24.3 Å². The van der Waals surface area contributed by atoms with Gasteiger partial charge in [0.25, 0.3) is 0 Å². The number of hydrogen-bond donors (Lipinski definition) is 2. The summed E-state index contributed by atoms with van der Waals surface area (Å²) in [5, 5.41) is 3.03. The van der Waals surface area contributed by atoms with Crippen molar-refractivity contribution in [3.8, 4) is 0 Å². The number of ether oxygens (including phenoxy) is 1. The Balaban J connectivity index is 2.48. The normalized spacial score (nSPS) is 13.9. The van der Waals surface area contributed by atoms with Crippen LogP contribution in [0.5, 0.6) is 0 Å². The van der Waals surface area contributed by atoms with Gasteiger partial charge in [-0.3, -0.25) is 5.32 Å². The molecule has 94 valence electrons. The van der Waals surface area contributed by atoms with Gasteiger partial charge >= 0.3 is 6.09 Å². The van der Waals surface area contributed by atoms with Gasteiger partial charge in [-0.05, 0) is 25.5 Å². The van der Waals surface area contributed by atoms with Crippen molar-refractivity contribution in [2.75, 3.05) is 11.9 Å². The van der Waals surface area contributed by atoms with Crippen molar-refractivity contribution in [1.29, 1.82) is 0 Å².